The van der Waals surface area contributed by atoms with Gasteiger partial charge in [-0.3, -0.25) is 0 Å². The second-order valence-electron chi connectivity index (χ2n) is 6.89. The van der Waals surface area contributed by atoms with Crippen molar-refractivity contribution in [2.45, 2.75) is 67.2 Å². The van der Waals surface area contributed by atoms with Crippen LogP contribution in [0.2, 0.25) is 0 Å². The quantitative estimate of drug-likeness (QED) is 0.499. The van der Waals surface area contributed by atoms with Gasteiger partial charge in [0, 0.05) is 24.9 Å². The number of rotatable bonds is 7. The van der Waals surface area contributed by atoms with Gasteiger partial charge in [-0.15, -0.1) is 0 Å². The molecule has 2 N–H and O–H groups in total. The molecule has 1 aliphatic rings. The molecule has 5 heteroatoms. The molecule has 1 aliphatic heterocycles. The predicted molar refractivity (Wildman–Crippen MR) is 138 cm³/mol. The van der Waals surface area contributed by atoms with Crippen LogP contribution in [0.25, 0.3) is 16.6 Å². The van der Waals surface area contributed by atoms with Gasteiger partial charge < -0.3 is 15.2 Å². The van der Waals surface area contributed by atoms with E-state index in [1.165, 1.54) is 5.56 Å². The van der Waals surface area contributed by atoms with E-state index in [4.69, 9.17) is 9.97 Å². The van der Waals surface area contributed by atoms with Gasteiger partial charge in [-0.1, -0.05) is 58.6 Å². The molecule has 172 valence electrons. The Labute approximate surface area is 189 Å². The van der Waals surface area contributed by atoms with Crippen molar-refractivity contribution in [1.82, 2.24) is 20.3 Å². The summed E-state index contributed by atoms with van der Waals surface area (Å²) >= 11 is 0. The van der Waals surface area contributed by atoms with Gasteiger partial charge in [0.1, 0.15) is 5.52 Å². The van der Waals surface area contributed by atoms with Crippen molar-refractivity contribution >= 4 is 22.4 Å². The second kappa shape index (κ2) is 14.6. The first-order valence-electron chi connectivity index (χ1n) is 12.0. The molecule has 3 rings (SSSR count). The number of nitrogens with zero attached hydrogens (tertiary/aromatic N) is 3. The summed E-state index contributed by atoms with van der Waals surface area (Å²) in [4.78, 5) is 15.7. The molecule has 0 radical (unpaired) electrons. The van der Waals surface area contributed by atoms with Crippen molar-refractivity contribution < 1.29 is 0 Å². The molecule has 1 fully saturated rings. The summed E-state index contributed by atoms with van der Waals surface area (Å²) < 4.78 is 0. The lowest BCUT2D eigenvalue weighted by molar-refractivity contribution is 0.462. The van der Waals surface area contributed by atoms with E-state index >= 15 is 0 Å². The van der Waals surface area contributed by atoms with Crippen molar-refractivity contribution in [3.05, 3.63) is 48.5 Å². The fourth-order valence-electron chi connectivity index (χ4n) is 3.85. The van der Waals surface area contributed by atoms with Gasteiger partial charge in [0.05, 0.1) is 5.52 Å². The minimum atomic E-state index is 0.542. The first kappa shape index (κ1) is 26.6. The van der Waals surface area contributed by atoms with Gasteiger partial charge in [-0.05, 0) is 58.2 Å². The van der Waals surface area contributed by atoms with E-state index in [1.54, 1.807) is 6.08 Å². The normalized spacial score (nSPS) is 14.6. The van der Waals surface area contributed by atoms with Crippen LogP contribution < -0.4 is 10.2 Å². The number of allylic oxidation sites excluding steroid dienone is 5. The first-order chi connectivity index (χ1) is 15.2. The van der Waals surface area contributed by atoms with Crippen LogP contribution in [0.3, 0.4) is 0 Å². The molecule has 0 unspecified atom stereocenters. The molecule has 0 spiro atoms. The topological polar surface area (TPSA) is 56.8 Å². The molecule has 0 aliphatic carbocycles. The lowest BCUT2D eigenvalue weighted by atomic mass is 9.91. The maximum absolute atomic E-state index is 5.00. The number of nitrogens with one attached hydrogen (secondary N) is 2. The summed E-state index contributed by atoms with van der Waals surface area (Å²) in [6, 6.07) is 0. The van der Waals surface area contributed by atoms with E-state index in [0.29, 0.717) is 5.92 Å². The smallest absolute Gasteiger partial charge is 0.162 e. The molecule has 0 aromatic carbocycles. The summed E-state index contributed by atoms with van der Waals surface area (Å²) in [5.74, 6) is 2.29. The van der Waals surface area contributed by atoms with Crippen molar-refractivity contribution in [2.24, 2.45) is 0 Å². The lowest BCUT2D eigenvalue weighted by Gasteiger charge is -2.23. The molecule has 0 saturated carbocycles. The molecule has 0 atom stereocenters. The highest BCUT2D eigenvalue weighted by molar-refractivity contribution is 5.91. The third-order valence-corrected chi connectivity index (χ3v) is 5.28. The van der Waals surface area contributed by atoms with Crippen LogP contribution in [0.1, 0.15) is 78.6 Å². The molecule has 2 aromatic rings. The van der Waals surface area contributed by atoms with E-state index in [1.807, 2.05) is 52.8 Å². The third kappa shape index (κ3) is 6.54. The van der Waals surface area contributed by atoms with E-state index in [0.717, 1.165) is 67.3 Å². The summed E-state index contributed by atoms with van der Waals surface area (Å²) in [6.45, 7) is 22.2. The predicted octanol–water partition coefficient (Wildman–Crippen LogP) is 6.47. The third-order valence-electron chi connectivity index (χ3n) is 5.28. The average molecular weight is 426 g/mol. The maximum atomic E-state index is 5.00. The Morgan fingerprint density at radius 3 is 2.32 bits per heavy atom. The van der Waals surface area contributed by atoms with Gasteiger partial charge in [0.25, 0.3) is 0 Å². The molecule has 1 saturated heterocycles. The molecule has 31 heavy (non-hydrogen) atoms. The van der Waals surface area contributed by atoms with Crippen molar-refractivity contribution in [3.8, 4) is 0 Å². The van der Waals surface area contributed by atoms with E-state index in [-0.39, 0.29) is 0 Å². The summed E-state index contributed by atoms with van der Waals surface area (Å²) in [7, 11) is 0. The number of aromatic amines is 1. The highest BCUT2D eigenvalue weighted by Gasteiger charge is 2.23. The van der Waals surface area contributed by atoms with E-state index in [9.17, 15) is 0 Å². The van der Waals surface area contributed by atoms with Crippen molar-refractivity contribution in [2.75, 3.05) is 31.1 Å². The Morgan fingerprint density at radius 2 is 1.77 bits per heavy atom. The second-order valence-corrected chi connectivity index (χ2v) is 6.89. The zero-order valence-corrected chi connectivity index (χ0v) is 20.8. The Morgan fingerprint density at radius 1 is 1.13 bits per heavy atom. The monoisotopic (exact) mass is 425 g/mol. The number of fused-ring (bicyclic) bond motifs is 1. The Hall–Kier alpha value is -2.40. The fourth-order valence-corrected chi connectivity index (χ4v) is 3.85. The fraction of sp³-hybridized carbons (Fsp3) is 0.538. The Bertz CT molecular complexity index is 837. The first-order valence-corrected chi connectivity index (χ1v) is 12.0. The van der Waals surface area contributed by atoms with Gasteiger partial charge in [0.2, 0.25) is 0 Å². The highest BCUT2D eigenvalue weighted by atomic mass is 15.2. The number of piperidine rings is 1. The highest BCUT2D eigenvalue weighted by Crippen LogP contribution is 2.34. The zero-order valence-electron chi connectivity index (χ0n) is 20.8. The summed E-state index contributed by atoms with van der Waals surface area (Å²) in [5, 5.41) is 3.46. The van der Waals surface area contributed by atoms with Crippen molar-refractivity contribution in [3.63, 3.8) is 0 Å². The molecule has 0 bridgehead atoms. The number of H-pyrrole nitrogens is 1. The summed E-state index contributed by atoms with van der Waals surface area (Å²) in [5.41, 5.74) is 4.42. The van der Waals surface area contributed by atoms with Gasteiger partial charge >= 0.3 is 0 Å². The number of aromatic nitrogens is 3. The van der Waals surface area contributed by atoms with Crippen LogP contribution in [-0.2, 0) is 0 Å². The van der Waals surface area contributed by atoms with Crippen LogP contribution in [0.15, 0.2) is 37.1 Å². The molecular weight excluding hydrogens is 382 g/mol. The Balaban J connectivity index is 0.00000113. The Kier molecular flexibility index (Phi) is 12.5. The van der Waals surface area contributed by atoms with Crippen molar-refractivity contribution in [1.29, 1.82) is 0 Å². The number of hydrogen-bond acceptors (Lipinski definition) is 4. The standard InChI is InChI=1S/C22H31N5.2C2H6/c1-5-9-17(10-6-2)21-25-19-18(16-11-13-23-14-12-16)15-24-20(19)22(26-21)27(7-3)8-4;2*1-2/h5-6,9-10,15-16,23-24H,1,7-8,11-14H2,2-4H3;2*1-2H3/b10-6-,17-9+;;. The number of hydrogen-bond donors (Lipinski definition) is 2. The molecular formula is C26H43N5. The van der Waals surface area contributed by atoms with E-state index in [2.05, 4.69) is 41.8 Å². The summed E-state index contributed by atoms with van der Waals surface area (Å²) in [6.07, 6.45) is 12.3. The van der Waals surface area contributed by atoms with Crippen LogP contribution in [0.5, 0.6) is 0 Å². The molecule has 5 nitrogen and oxygen atoms in total. The van der Waals surface area contributed by atoms with Crippen LogP contribution in [0.4, 0.5) is 5.82 Å². The van der Waals surface area contributed by atoms with Gasteiger partial charge in [-0.2, -0.15) is 0 Å². The zero-order chi connectivity index (χ0) is 23.2. The maximum Gasteiger partial charge on any atom is 0.162 e. The van der Waals surface area contributed by atoms with E-state index < -0.39 is 0 Å². The SMILES string of the molecule is C=C/C=C(\C=C/C)c1nc(N(CC)CC)c2[nH]cc(C3CCNCC3)c2n1.CC.CC. The molecule has 0 amide bonds. The number of anilines is 1. The largest absolute Gasteiger partial charge is 0.357 e. The van der Waals surface area contributed by atoms with Crippen LogP contribution in [-0.4, -0.2) is 41.1 Å². The van der Waals surface area contributed by atoms with Gasteiger partial charge in [0.15, 0.2) is 11.6 Å². The molecule has 3 heterocycles. The minimum absolute atomic E-state index is 0.542. The van der Waals surface area contributed by atoms with Gasteiger partial charge in [-0.25, -0.2) is 9.97 Å². The van der Waals surface area contributed by atoms with Crippen LogP contribution in [0, 0.1) is 0 Å². The molecule has 2 aromatic heterocycles. The lowest BCUT2D eigenvalue weighted by Crippen LogP contribution is -2.26. The average Bonchev–Trinajstić information content (AvgIpc) is 3.27. The van der Waals surface area contributed by atoms with Crippen LogP contribution >= 0.6 is 0 Å². The minimum Gasteiger partial charge on any atom is -0.357 e.